The van der Waals surface area contributed by atoms with Gasteiger partial charge in [-0.2, -0.15) is 10.1 Å². The zero-order valence-corrected chi connectivity index (χ0v) is 58.7. The first kappa shape index (κ1) is 80.1. The van der Waals surface area contributed by atoms with Crippen LogP contribution in [-0.2, 0) is 31.3 Å². The Morgan fingerprint density at radius 3 is 1.86 bits per heavy atom. The minimum absolute atomic E-state index is 0. The maximum Gasteiger partial charge on any atom is 0.324 e. The lowest BCUT2D eigenvalue weighted by molar-refractivity contribution is -0.0243. The number of ether oxygens (including phenoxy) is 1. The Labute approximate surface area is 571 Å². The molecule has 0 amide bonds. The summed E-state index contributed by atoms with van der Waals surface area (Å²) >= 11 is 0. The lowest BCUT2D eigenvalue weighted by Crippen LogP contribution is -2.27. The molecule has 12 rings (SSSR count). The number of hydrogen-bond acceptors (Lipinski definition) is 13. The number of nitrogens with zero attached hydrogens (tertiary/aromatic N) is 10. The summed E-state index contributed by atoms with van der Waals surface area (Å²) < 4.78 is 60.4. The first-order valence-corrected chi connectivity index (χ1v) is 32.7. The summed E-state index contributed by atoms with van der Waals surface area (Å²) in [7, 11) is 4.13. The van der Waals surface area contributed by atoms with Crippen molar-refractivity contribution in [2.45, 2.75) is 199 Å². The number of pyridine rings is 3. The van der Waals surface area contributed by atoms with Crippen molar-refractivity contribution < 1.29 is 31.4 Å². The van der Waals surface area contributed by atoms with Crippen LogP contribution in [0.1, 0.15) is 222 Å². The number of alkyl halides is 2. The second kappa shape index (κ2) is 38.4. The molecule has 0 saturated heterocycles. The lowest BCUT2D eigenvalue weighted by atomic mass is 9.63. The summed E-state index contributed by atoms with van der Waals surface area (Å²) in [6.45, 7) is 37.2. The number of aromatic nitrogens is 9. The molecule has 3 aromatic carbocycles. The fraction of sp³-hybridized carbons (Fsp3) is 0.436. The Bertz CT molecular complexity index is 3780. The zero-order valence-electron chi connectivity index (χ0n) is 58.7. The van der Waals surface area contributed by atoms with Crippen LogP contribution in [-0.4, -0.2) is 82.6 Å². The van der Waals surface area contributed by atoms with E-state index in [1.165, 1.54) is 74.8 Å². The molecular weight excluding hydrogens is 1210 g/mol. The molecule has 0 fully saturated rings. The van der Waals surface area contributed by atoms with Gasteiger partial charge in [-0.05, 0) is 131 Å². The Balaban J connectivity index is 0.000000238. The zero-order chi connectivity index (χ0) is 68.8. The van der Waals surface area contributed by atoms with E-state index in [1.807, 2.05) is 80.4 Å². The highest BCUT2D eigenvalue weighted by Crippen LogP contribution is 2.27. The maximum atomic E-state index is 12.6. The van der Waals surface area contributed by atoms with Gasteiger partial charge < -0.3 is 23.1 Å². The van der Waals surface area contributed by atoms with Crippen molar-refractivity contribution in [2.75, 3.05) is 20.2 Å². The van der Waals surface area contributed by atoms with Crippen LogP contribution in [0.25, 0.3) is 33.7 Å². The molecule has 0 unspecified atom stereocenters. The second-order valence-electron chi connectivity index (χ2n) is 26.2. The number of rotatable bonds is 12. The van der Waals surface area contributed by atoms with E-state index in [9.17, 15) is 13.2 Å². The molecular formula is C78H106BF3N10O4. The van der Waals surface area contributed by atoms with Crippen LogP contribution in [0.4, 0.5) is 13.2 Å². The second-order valence-corrected chi connectivity index (χ2v) is 26.2. The number of hydrogen-bond donors (Lipinski definition) is 0. The first-order chi connectivity index (χ1) is 44.5. The molecule has 0 radical (unpaired) electrons. The number of fused-ring (bicyclic) bond motifs is 3. The Kier molecular flexibility index (Phi) is 32.0. The molecule has 9 heterocycles. The molecule has 516 valence electrons. The van der Waals surface area contributed by atoms with Crippen LogP contribution in [0, 0.1) is 12.7 Å². The van der Waals surface area contributed by atoms with E-state index in [-0.39, 0.29) is 39.4 Å². The van der Waals surface area contributed by atoms with E-state index in [0.29, 0.717) is 52.8 Å². The number of benzene rings is 3. The third-order valence-corrected chi connectivity index (χ3v) is 15.5. The van der Waals surface area contributed by atoms with Crippen LogP contribution in [0.3, 0.4) is 0 Å². The molecule has 18 heteroatoms. The summed E-state index contributed by atoms with van der Waals surface area (Å²) in [4.78, 5) is 31.7. The Hall–Kier alpha value is -8.35. The first-order valence-electron chi connectivity index (χ1n) is 32.7. The number of likely N-dealkylation sites (N-methyl/N-ethyl adjacent to an activating group) is 1. The van der Waals surface area contributed by atoms with Gasteiger partial charge in [0.1, 0.15) is 17.3 Å². The van der Waals surface area contributed by atoms with Gasteiger partial charge in [0.05, 0.1) is 24.5 Å². The minimum atomic E-state index is -2.85. The fourth-order valence-electron chi connectivity index (χ4n) is 9.90. The normalized spacial score (nSPS) is 12.3. The number of oxazole rings is 2. The molecule has 96 heavy (non-hydrogen) atoms. The molecule has 14 nitrogen and oxygen atoms in total. The van der Waals surface area contributed by atoms with Crippen molar-refractivity contribution in [1.29, 1.82) is 0 Å². The van der Waals surface area contributed by atoms with Crippen molar-refractivity contribution in [1.82, 2.24) is 49.6 Å². The van der Waals surface area contributed by atoms with Crippen LogP contribution in [0.15, 0.2) is 156 Å². The molecule has 0 aliphatic carbocycles. The summed E-state index contributed by atoms with van der Waals surface area (Å²) in [5, 5.41) is 5.59. The van der Waals surface area contributed by atoms with E-state index < -0.39 is 12.5 Å². The van der Waals surface area contributed by atoms with Crippen LogP contribution >= 0.6 is 0 Å². The van der Waals surface area contributed by atoms with Crippen molar-refractivity contribution in [3.05, 3.63) is 215 Å². The molecule has 0 spiro atoms. The molecule has 0 atom stereocenters. The van der Waals surface area contributed by atoms with E-state index >= 15 is 0 Å². The van der Waals surface area contributed by atoms with Crippen LogP contribution in [0.5, 0.6) is 5.88 Å². The fourth-order valence-corrected chi connectivity index (χ4v) is 9.90. The largest absolute Gasteiger partial charge is 0.471 e. The molecule has 0 saturated carbocycles. The minimum Gasteiger partial charge on any atom is -0.471 e. The number of halogens is 3. The van der Waals surface area contributed by atoms with E-state index in [4.69, 9.17) is 18.2 Å². The summed E-state index contributed by atoms with van der Waals surface area (Å²) in [6.07, 6.45) is 13.2. The average Bonchev–Trinajstić information content (AvgIpc) is 1.67. The third kappa shape index (κ3) is 25.3. The smallest absolute Gasteiger partial charge is 0.324 e. The SMILES string of the molecule is C.C.CB1OCc2c1cccc2C(C)C.CC(C)c1cc(-c2cnco2)ccn1.CC(C)c1ccc(F)cc1.CC(C)c1ccc2cn(C)nc2c1.CC(C)c1cccc(-c2cnco2)n1.CC(C)c1cnc2c(c1)CN(C)CC2.Cc1cc(OCC(C)(F)F)nc(C(C)C)n1. The van der Waals surface area contributed by atoms with Gasteiger partial charge in [-0.1, -0.05) is 173 Å². The monoisotopic (exact) mass is 1310 g/mol. The maximum absolute atomic E-state index is 12.6. The Morgan fingerprint density at radius 2 is 1.27 bits per heavy atom. The number of aryl methyl sites for hydroxylation is 2. The van der Waals surface area contributed by atoms with Gasteiger partial charge in [0.25, 0.3) is 5.92 Å². The summed E-state index contributed by atoms with van der Waals surface area (Å²) in [5.74, 6) is 2.55. The van der Waals surface area contributed by atoms with E-state index in [2.05, 4.69) is 184 Å². The highest BCUT2D eigenvalue weighted by molar-refractivity contribution is 6.67. The molecule has 0 N–H and O–H groups in total. The molecule has 10 aromatic rings. The van der Waals surface area contributed by atoms with Crippen LogP contribution < -0.4 is 10.2 Å². The average molecular weight is 1320 g/mol. The molecule has 2 aliphatic heterocycles. The van der Waals surface area contributed by atoms with Crippen molar-refractivity contribution in [2.24, 2.45) is 7.05 Å². The summed E-state index contributed by atoms with van der Waals surface area (Å²) in [6, 6.07) is 33.4. The topological polar surface area (TPSA) is 156 Å². The Morgan fingerprint density at radius 1 is 0.635 bits per heavy atom. The highest BCUT2D eigenvalue weighted by Gasteiger charge is 2.26. The van der Waals surface area contributed by atoms with Gasteiger partial charge in [0.2, 0.25) is 5.88 Å². The molecule has 0 bridgehead atoms. The highest BCUT2D eigenvalue weighted by atomic mass is 19.3. The van der Waals surface area contributed by atoms with Gasteiger partial charge in [-0.3, -0.25) is 14.6 Å². The van der Waals surface area contributed by atoms with Gasteiger partial charge in [-0.25, -0.2) is 33.1 Å². The summed E-state index contributed by atoms with van der Waals surface area (Å²) in [5.41, 5.74) is 16.7. The predicted molar refractivity (Wildman–Crippen MR) is 388 cm³/mol. The van der Waals surface area contributed by atoms with E-state index in [1.54, 1.807) is 31.6 Å². The van der Waals surface area contributed by atoms with Crippen molar-refractivity contribution in [3.8, 4) is 28.7 Å². The predicted octanol–water partition coefficient (Wildman–Crippen LogP) is 19.9. The quantitative estimate of drug-likeness (QED) is 0.107. The van der Waals surface area contributed by atoms with Crippen molar-refractivity contribution in [3.63, 3.8) is 0 Å². The standard InChI is InChI=1S/C12H18N2.C11H15BO.C11H16F2N2O.2C11H12N2O.C11H14N2.C9H11F.2CH4/c1-9(2)10-6-11-8-14(3)5-4-12(11)13-7-10;1-8(2)9-5-4-6-11-10(9)7-13-12(11)3;1-7(2)10-14-8(3)5-9(15-10)16-6-11(4,12)13;1-8(2)10-5-9(3-4-13-10)11-6-12-7-14-11;1-8(2)9-4-3-5-10(13-9)11-6-12-7-14-11;1-8(2)9-4-5-10-7-13(3)12-11(10)6-9;1-7(2)8-3-5-9(10)6-4-8;;/h6-7,9H,4-5,8H2,1-3H3;4-6,8H,7H2,1-3H3;5,7H,6H2,1-4H3;2*3-8H,1-2H3;4-8H,1-3H3;3-7H,1-2H3;2*1H4. The van der Waals surface area contributed by atoms with Gasteiger partial charge in [0, 0.05) is 97.8 Å². The third-order valence-electron chi connectivity index (χ3n) is 15.5. The van der Waals surface area contributed by atoms with E-state index in [0.717, 1.165) is 67.0 Å². The molecule has 2 aliphatic rings. The van der Waals surface area contributed by atoms with Crippen LogP contribution in [0.2, 0.25) is 6.82 Å². The lowest BCUT2D eigenvalue weighted by Gasteiger charge is -2.24. The molecule has 7 aromatic heterocycles. The van der Waals surface area contributed by atoms with Crippen molar-refractivity contribution >= 4 is 23.3 Å². The van der Waals surface area contributed by atoms with Gasteiger partial charge in [-0.15, -0.1) is 0 Å². The van der Waals surface area contributed by atoms with Gasteiger partial charge in [0.15, 0.2) is 30.9 Å². The van der Waals surface area contributed by atoms with Gasteiger partial charge >= 0.3 is 6.92 Å².